The Kier molecular flexibility index (Phi) is 5.95. The zero-order valence-corrected chi connectivity index (χ0v) is 13.3. The largest absolute Gasteiger partial charge is 0.497 e. The Morgan fingerprint density at radius 2 is 1.43 bits per heavy atom. The highest BCUT2D eigenvalue weighted by atomic mass is 16.8. The molecule has 0 N–H and O–H groups in total. The van der Waals surface area contributed by atoms with Crippen LogP contribution < -0.4 is 4.74 Å². The van der Waals surface area contributed by atoms with Crippen molar-refractivity contribution in [2.45, 2.75) is 32.3 Å². The van der Waals surface area contributed by atoms with Gasteiger partial charge in [0.05, 0.1) is 20.3 Å². The van der Waals surface area contributed by atoms with Crippen molar-refractivity contribution < 1.29 is 33.3 Å². The summed E-state index contributed by atoms with van der Waals surface area (Å²) < 4.78 is 26.1. The topological polar surface area (TPSA) is 80.3 Å². The van der Waals surface area contributed by atoms with Gasteiger partial charge in [0, 0.05) is 5.56 Å². The fourth-order valence-corrected chi connectivity index (χ4v) is 2.17. The van der Waals surface area contributed by atoms with Gasteiger partial charge in [0.2, 0.25) is 0 Å². The molecule has 1 aromatic rings. The van der Waals surface area contributed by atoms with Crippen LogP contribution in [-0.4, -0.2) is 44.5 Å². The van der Waals surface area contributed by atoms with Crippen molar-refractivity contribution in [2.75, 3.05) is 20.3 Å². The van der Waals surface area contributed by atoms with Crippen LogP contribution in [0.4, 0.5) is 0 Å². The van der Waals surface area contributed by atoms with E-state index in [1.54, 1.807) is 45.2 Å². The monoisotopic (exact) mass is 324 g/mol. The van der Waals surface area contributed by atoms with E-state index in [0.29, 0.717) is 11.3 Å². The highest BCUT2D eigenvalue weighted by Crippen LogP contribution is 2.33. The Balaban J connectivity index is 2.17. The summed E-state index contributed by atoms with van der Waals surface area (Å²) in [6.45, 7) is 3.71. The molecule has 1 heterocycles. The van der Waals surface area contributed by atoms with Crippen molar-refractivity contribution in [2.24, 2.45) is 0 Å². The minimum atomic E-state index is -1.15. The zero-order valence-electron chi connectivity index (χ0n) is 13.3. The lowest BCUT2D eigenvalue weighted by atomic mass is 10.2. The Bertz CT molecular complexity index is 514. The average molecular weight is 324 g/mol. The number of carbonyl (C=O) groups excluding carboxylic acids is 2. The van der Waals surface area contributed by atoms with Crippen molar-refractivity contribution in [1.29, 1.82) is 0 Å². The van der Waals surface area contributed by atoms with E-state index in [-0.39, 0.29) is 13.2 Å². The summed E-state index contributed by atoms with van der Waals surface area (Å²) in [6, 6.07) is 6.94. The average Bonchev–Trinajstić information content (AvgIpc) is 3.01. The molecule has 7 nitrogen and oxygen atoms in total. The van der Waals surface area contributed by atoms with Crippen molar-refractivity contribution >= 4 is 11.9 Å². The Morgan fingerprint density at radius 1 is 0.957 bits per heavy atom. The van der Waals surface area contributed by atoms with Crippen LogP contribution in [0.5, 0.6) is 5.75 Å². The number of carbonyl (C=O) groups is 2. The smallest absolute Gasteiger partial charge is 0.338 e. The maximum absolute atomic E-state index is 12.0. The molecule has 1 aromatic carbocycles. The van der Waals surface area contributed by atoms with Crippen LogP contribution >= 0.6 is 0 Å². The molecule has 7 heteroatoms. The molecule has 0 bridgehead atoms. The molecule has 23 heavy (non-hydrogen) atoms. The number of hydrogen-bond donors (Lipinski definition) is 0. The quantitative estimate of drug-likeness (QED) is 0.735. The lowest BCUT2D eigenvalue weighted by Crippen LogP contribution is -2.39. The van der Waals surface area contributed by atoms with E-state index < -0.39 is 30.4 Å². The number of benzene rings is 1. The van der Waals surface area contributed by atoms with Gasteiger partial charge >= 0.3 is 11.9 Å². The summed E-state index contributed by atoms with van der Waals surface area (Å²) in [5.41, 5.74) is 0.659. The van der Waals surface area contributed by atoms with Crippen molar-refractivity contribution in [3.63, 3.8) is 0 Å². The van der Waals surface area contributed by atoms with Gasteiger partial charge in [-0.25, -0.2) is 9.59 Å². The van der Waals surface area contributed by atoms with E-state index in [1.807, 2.05) is 0 Å². The molecule has 0 spiro atoms. The summed E-state index contributed by atoms with van der Waals surface area (Å²) in [5, 5.41) is 0. The summed E-state index contributed by atoms with van der Waals surface area (Å²) in [5.74, 6) is -0.626. The van der Waals surface area contributed by atoms with Gasteiger partial charge in [0.25, 0.3) is 0 Å². The molecule has 126 valence electrons. The van der Waals surface area contributed by atoms with Gasteiger partial charge < -0.3 is 23.7 Å². The molecule has 0 saturated carbocycles. The predicted octanol–water partition coefficient (Wildman–Crippen LogP) is 1.60. The van der Waals surface area contributed by atoms with Crippen LogP contribution in [-0.2, 0) is 28.5 Å². The van der Waals surface area contributed by atoms with Gasteiger partial charge in [-0.05, 0) is 26.0 Å². The molecule has 0 radical (unpaired) electrons. The van der Waals surface area contributed by atoms with E-state index in [9.17, 15) is 9.59 Å². The Hall–Kier alpha value is -2.12. The van der Waals surface area contributed by atoms with E-state index in [0.717, 1.165) is 0 Å². The molecular formula is C16H20O7. The second-order valence-electron chi connectivity index (χ2n) is 4.72. The van der Waals surface area contributed by atoms with Crippen LogP contribution in [0, 0.1) is 0 Å². The molecule has 0 amide bonds. The van der Waals surface area contributed by atoms with Crippen LogP contribution in [0.25, 0.3) is 0 Å². The summed E-state index contributed by atoms with van der Waals surface area (Å²) >= 11 is 0. The third-order valence-corrected chi connectivity index (χ3v) is 3.24. The summed E-state index contributed by atoms with van der Waals surface area (Å²) in [4.78, 5) is 24.0. The molecule has 1 aliphatic rings. The predicted molar refractivity (Wildman–Crippen MR) is 78.7 cm³/mol. The number of ether oxygens (including phenoxy) is 5. The van der Waals surface area contributed by atoms with E-state index in [1.165, 1.54) is 0 Å². The van der Waals surface area contributed by atoms with Gasteiger partial charge in [0.1, 0.15) is 5.75 Å². The van der Waals surface area contributed by atoms with Crippen LogP contribution in [0.2, 0.25) is 0 Å². The van der Waals surface area contributed by atoms with E-state index >= 15 is 0 Å². The minimum absolute atomic E-state index is 0.182. The number of rotatable bonds is 6. The van der Waals surface area contributed by atoms with Crippen molar-refractivity contribution in [1.82, 2.24) is 0 Å². The first-order valence-corrected chi connectivity index (χ1v) is 7.38. The fraction of sp³-hybridized carbons (Fsp3) is 0.500. The van der Waals surface area contributed by atoms with Crippen LogP contribution in [0.15, 0.2) is 24.3 Å². The van der Waals surface area contributed by atoms with Gasteiger partial charge in [0.15, 0.2) is 18.5 Å². The highest BCUT2D eigenvalue weighted by Gasteiger charge is 2.47. The maximum atomic E-state index is 12.0. The Morgan fingerprint density at radius 3 is 1.83 bits per heavy atom. The molecule has 1 aliphatic heterocycles. The lowest BCUT2D eigenvalue weighted by molar-refractivity contribution is -0.163. The van der Waals surface area contributed by atoms with Crippen LogP contribution in [0.3, 0.4) is 0 Å². The summed E-state index contributed by atoms with van der Waals surface area (Å²) in [7, 11) is 1.56. The standard InChI is InChI=1S/C16H20O7/c1-4-20-14(17)12-13(15(18)21-5-2)23-16(22-12)10-6-8-11(19-3)9-7-10/h6-9,12-13,16H,4-5H2,1-3H3/t12-,13-/m1/s1. The van der Waals surface area contributed by atoms with Gasteiger partial charge in [-0.2, -0.15) is 0 Å². The molecule has 0 aliphatic carbocycles. The third-order valence-electron chi connectivity index (χ3n) is 3.24. The lowest BCUT2D eigenvalue weighted by Gasteiger charge is -2.13. The minimum Gasteiger partial charge on any atom is -0.497 e. The molecule has 0 aromatic heterocycles. The second-order valence-corrected chi connectivity index (χ2v) is 4.72. The normalized spacial score (nSPS) is 21.0. The van der Waals surface area contributed by atoms with Gasteiger partial charge in [-0.1, -0.05) is 12.1 Å². The molecule has 0 unspecified atom stereocenters. The summed E-state index contributed by atoms with van der Waals surface area (Å²) in [6.07, 6.45) is -3.16. The van der Waals surface area contributed by atoms with Crippen molar-refractivity contribution in [3.8, 4) is 5.75 Å². The van der Waals surface area contributed by atoms with Crippen molar-refractivity contribution in [3.05, 3.63) is 29.8 Å². The van der Waals surface area contributed by atoms with E-state index in [4.69, 9.17) is 23.7 Å². The SMILES string of the molecule is CCOC(=O)[C@@H]1OC(c2ccc(OC)cc2)O[C@H]1C(=O)OCC. The first-order valence-electron chi connectivity index (χ1n) is 7.38. The first kappa shape index (κ1) is 17.2. The number of hydrogen-bond acceptors (Lipinski definition) is 7. The molecule has 1 saturated heterocycles. The zero-order chi connectivity index (χ0) is 16.8. The molecule has 1 fully saturated rings. The van der Waals surface area contributed by atoms with Gasteiger partial charge in [-0.15, -0.1) is 0 Å². The van der Waals surface area contributed by atoms with E-state index in [2.05, 4.69) is 0 Å². The number of methoxy groups -OCH3 is 1. The Labute approximate surface area is 134 Å². The second kappa shape index (κ2) is 7.94. The first-order chi connectivity index (χ1) is 11.1. The molecule has 2 rings (SSSR count). The van der Waals surface area contributed by atoms with Gasteiger partial charge in [-0.3, -0.25) is 0 Å². The molecule has 2 atom stereocenters. The maximum Gasteiger partial charge on any atom is 0.338 e. The number of esters is 2. The van der Waals surface area contributed by atoms with Crippen LogP contribution in [0.1, 0.15) is 25.7 Å². The molecular weight excluding hydrogens is 304 g/mol. The fourth-order valence-electron chi connectivity index (χ4n) is 2.17. The third kappa shape index (κ3) is 4.00. The highest BCUT2D eigenvalue weighted by molar-refractivity contribution is 5.86.